The average Bonchev–Trinajstić information content (AvgIpc) is 2.96. The van der Waals surface area contributed by atoms with Gasteiger partial charge in [0.05, 0.1) is 6.61 Å². The van der Waals surface area contributed by atoms with E-state index in [2.05, 4.69) is 11.4 Å². The first-order valence-electron chi connectivity index (χ1n) is 6.71. The van der Waals surface area contributed by atoms with Gasteiger partial charge in [0.1, 0.15) is 6.10 Å². The van der Waals surface area contributed by atoms with Crippen LogP contribution in [0.3, 0.4) is 0 Å². The summed E-state index contributed by atoms with van der Waals surface area (Å²) in [4.78, 5) is 14.3. The van der Waals surface area contributed by atoms with Gasteiger partial charge in [-0.15, -0.1) is 0 Å². The van der Waals surface area contributed by atoms with Crippen LogP contribution < -0.4 is 0 Å². The molecular formula is C14H21NO3S. The number of carbonyl (C=O) groups is 1. The van der Waals surface area contributed by atoms with Crippen molar-refractivity contribution < 1.29 is 14.3 Å². The lowest BCUT2D eigenvalue weighted by molar-refractivity contribution is -0.147. The number of rotatable bonds is 6. The number of carbonyl (C=O) groups excluding carboxylic acids is 1. The molecule has 1 amide bonds. The Balaban J connectivity index is 1.96. The summed E-state index contributed by atoms with van der Waals surface area (Å²) in [5.74, 6) is 0.1000. The molecule has 1 atom stereocenters. The van der Waals surface area contributed by atoms with Gasteiger partial charge in [0.15, 0.2) is 0 Å². The maximum Gasteiger partial charge on any atom is 0.252 e. The molecule has 1 aliphatic heterocycles. The predicted molar refractivity (Wildman–Crippen MR) is 75.2 cm³/mol. The zero-order valence-corrected chi connectivity index (χ0v) is 12.2. The van der Waals surface area contributed by atoms with Gasteiger partial charge in [0.25, 0.3) is 5.91 Å². The van der Waals surface area contributed by atoms with Crippen LogP contribution in [0.15, 0.2) is 16.8 Å². The Labute approximate surface area is 118 Å². The van der Waals surface area contributed by atoms with Gasteiger partial charge in [-0.2, -0.15) is 11.3 Å². The van der Waals surface area contributed by atoms with Gasteiger partial charge in [0.2, 0.25) is 0 Å². The molecule has 0 aliphatic carbocycles. The third-order valence-electron chi connectivity index (χ3n) is 3.29. The van der Waals surface area contributed by atoms with Crippen LogP contribution in [-0.4, -0.2) is 43.8 Å². The molecule has 0 aromatic carbocycles. The van der Waals surface area contributed by atoms with Crippen LogP contribution in [0.4, 0.5) is 0 Å². The van der Waals surface area contributed by atoms with Crippen LogP contribution in [0.5, 0.6) is 0 Å². The fraction of sp³-hybridized carbons (Fsp3) is 0.643. The van der Waals surface area contributed by atoms with E-state index in [1.807, 2.05) is 10.3 Å². The highest BCUT2D eigenvalue weighted by Crippen LogP contribution is 2.17. The largest absolute Gasteiger partial charge is 0.383 e. The zero-order chi connectivity index (χ0) is 13.5. The van der Waals surface area contributed by atoms with E-state index in [1.165, 1.54) is 5.56 Å². The molecule has 0 unspecified atom stereocenters. The second kappa shape index (κ2) is 7.62. The summed E-state index contributed by atoms with van der Waals surface area (Å²) in [6, 6.07) is 2.06. The molecule has 0 spiro atoms. The minimum absolute atomic E-state index is 0.1000. The Morgan fingerprint density at radius 3 is 3.11 bits per heavy atom. The molecule has 0 bridgehead atoms. The molecule has 0 saturated carbocycles. The van der Waals surface area contributed by atoms with Crippen molar-refractivity contribution in [3.63, 3.8) is 0 Å². The van der Waals surface area contributed by atoms with Gasteiger partial charge in [-0.3, -0.25) is 4.79 Å². The Bertz CT molecular complexity index is 374. The molecule has 0 radical (unpaired) electrons. The Morgan fingerprint density at radius 1 is 1.58 bits per heavy atom. The molecule has 2 heterocycles. The molecule has 19 heavy (non-hydrogen) atoms. The van der Waals surface area contributed by atoms with Crippen molar-refractivity contribution in [2.75, 3.05) is 26.9 Å². The molecule has 4 nitrogen and oxygen atoms in total. The lowest BCUT2D eigenvalue weighted by Crippen LogP contribution is -2.42. The van der Waals surface area contributed by atoms with E-state index in [0.717, 1.165) is 19.3 Å². The van der Waals surface area contributed by atoms with Crippen LogP contribution in [0, 0.1) is 0 Å². The van der Waals surface area contributed by atoms with Gasteiger partial charge in [-0.1, -0.05) is 0 Å². The van der Waals surface area contributed by atoms with E-state index >= 15 is 0 Å². The summed E-state index contributed by atoms with van der Waals surface area (Å²) in [5, 5.41) is 4.11. The van der Waals surface area contributed by atoms with Crippen molar-refractivity contribution in [3.8, 4) is 0 Å². The molecular weight excluding hydrogens is 262 g/mol. The first-order chi connectivity index (χ1) is 9.31. The Hall–Kier alpha value is -0.910. The maximum absolute atomic E-state index is 12.5. The zero-order valence-electron chi connectivity index (χ0n) is 11.3. The van der Waals surface area contributed by atoms with Gasteiger partial charge in [-0.25, -0.2) is 0 Å². The summed E-state index contributed by atoms with van der Waals surface area (Å²) in [7, 11) is 1.66. The number of nitrogens with zero attached hydrogens (tertiary/aromatic N) is 1. The molecule has 0 N–H and O–H groups in total. The highest BCUT2D eigenvalue weighted by atomic mass is 32.1. The number of thiophene rings is 1. The number of amides is 1. The molecule has 1 aliphatic rings. The topological polar surface area (TPSA) is 38.8 Å². The van der Waals surface area contributed by atoms with Gasteiger partial charge < -0.3 is 14.4 Å². The van der Waals surface area contributed by atoms with Gasteiger partial charge >= 0.3 is 0 Å². The van der Waals surface area contributed by atoms with E-state index in [0.29, 0.717) is 26.3 Å². The highest BCUT2D eigenvalue weighted by molar-refractivity contribution is 7.07. The van der Waals surface area contributed by atoms with Crippen molar-refractivity contribution in [2.24, 2.45) is 0 Å². The lowest BCUT2D eigenvalue weighted by Gasteiger charge is -2.29. The Morgan fingerprint density at radius 2 is 2.47 bits per heavy atom. The van der Waals surface area contributed by atoms with Gasteiger partial charge in [0, 0.05) is 26.8 Å². The number of methoxy groups -OCH3 is 1. The van der Waals surface area contributed by atoms with Gasteiger partial charge in [-0.05, 0) is 41.7 Å². The third kappa shape index (κ3) is 4.30. The first kappa shape index (κ1) is 14.5. The minimum Gasteiger partial charge on any atom is -0.383 e. The smallest absolute Gasteiger partial charge is 0.252 e. The fourth-order valence-electron chi connectivity index (χ4n) is 2.21. The van der Waals surface area contributed by atoms with Crippen LogP contribution in [0.2, 0.25) is 0 Å². The summed E-state index contributed by atoms with van der Waals surface area (Å²) < 4.78 is 10.7. The SMILES string of the molecule is COCCN(Cc1ccsc1)C(=O)[C@H]1CCCCO1. The molecule has 1 fully saturated rings. The van der Waals surface area contributed by atoms with E-state index < -0.39 is 0 Å². The van der Waals surface area contributed by atoms with Crippen LogP contribution in [0.1, 0.15) is 24.8 Å². The number of ether oxygens (including phenoxy) is 2. The van der Waals surface area contributed by atoms with Crippen molar-refractivity contribution in [1.29, 1.82) is 0 Å². The number of hydrogen-bond donors (Lipinski definition) is 0. The van der Waals surface area contributed by atoms with E-state index in [-0.39, 0.29) is 12.0 Å². The van der Waals surface area contributed by atoms with Crippen molar-refractivity contribution in [1.82, 2.24) is 4.90 Å². The summed E-state index contributed by atoms with van der Waals surface area (Å²) in [6.45, 7) is 2.52. The molecule has 106 valence electrons. The minimum atomic E-state index is -0.260. The first-order valence-corrected chi connectivity index (χ1v) is 7.66. The fourth-order valence-corrected chi connectivity index (χ4v) is 2.87. The predicted octanol–water partition coefficient (Wildman–Crippen LogP) is 2.29. The highest BCUT2D eigenvalue weighted by Gasteiger charge is 2.26. The van der Waals surface area contributed by atoms with Crippen LogP contribution >= 0.6 is 11.3 Å². The lowest BCUT2D eigenvalue weighted by atomic mass is 10.1. The molecule has 1 aromatic rings. The van der Waals surface area contributed by atoms with E-state index in [4.69, 9.17) is 9.47 Å². The second-order valence-electron chi connectivity index (χ2n) is 4.74. The van der Waals surface area contributed by atoms with Crippen LogP contribution in [0.25, 0.3) is 0 Å². The molecule has 1 aromatic heterocycles. The second-order valence-corrected chi connectivity index (χ2v) is 5.52. The summed E-state index contributed by atoms with van der Waals surface area (Å²) in [5.41, 5.74) is 1.17. The summed E-state index contributed by atoms with van der Waals surface area (Å²) in [6.07, 6.45) is 2.72. The normalized spacial score (nSPS) is 19.3. The maximum atomic E-state index is 12.5. The quantitative estimate of drug-likeness (QED) is 0.804. The Kier molecular flexibility index (Phi) is 5.82. The summed E-state index contributed by atoms with van der Waals surface area (Å²) >= 11 is 1.65. The van der Waals surface area contributed by atoms with Crippen molar-refractivity contribution in [2.45, 2.75) is 31.9 Å². The van der Waals surface area contributed by atoms with E-state index in [1.54, 1.807) is 18.4 Å². The monoisotopic (exact) mass is 283 g/mol. The average molecular weight is 283 g/mol. The molecule has 1 saturated heterocycles. The van der Waals surface area contributed by atoms with Crippen molar-refractivity contribution in [3.05, 3.63) is 22.4 Å². The van der Waals surface area contributed by atoms with E-state index in [9.17, 15) is 4.79 Å². The molecule has 5 heteroatoms. The number of hydrogen-bond acceptors (Lipinski definition) is 4. The molecule has 2 rings (SSSR count). The third-order valence-corrected chi connectivity index (χ3v) is 4.02. The standard InChI is InChI=1S/C14H21NO3S/c1-17-8-6-15(10-12-5-9-19-11-12)14(16)13-4-2-3-7-18-13/h5,9,11,13H,2-4,6-8,10H2,1H3/t13-/m1/s1. The van der Waals surface area contributed by atoms with Crippen LogP contribution in [-0.2, 0) is 20.8 Å². The van der Waals surface area contributed by atoms with Crippen molar-refractivity contribution >= 4 is 17.2 Å².